The molecule has 1 N–H and O–H groups in total. The zero-order valence-electron chi connectivity index (χ0n) is 10.5. The molecule has 0 unspecified atom stereocenters. The molecule has 1 nitrogen and oxygen atoms in total. The molecule has 0 saturated heterocycles. The Morgan fingerprint density at radius 1 is 0.938 bits per heavy atom. The summed E-state index contributed by atoms with van der Waals surface area (Å²) in [6.07, 6.45) is 12.3. The molecule has 0 saturated carbocycles. The maximum absolute atomic E-state index is 9.88. The van der Waals surface area contributed by atoms with Gasteiger partial charge < -0.3 is 5.11 Å². The van der Waals surface area contributed by atoms with E-state index in [1.165, 1.54) is 50.5 Å². The van der Waals surface area contributed by atoms with Gasteiger partial charge in [-0.25, -0.2) is 0 Å². The Labute approximate surface area is 99.3 Å². The fourth-order valence-electron chi connectivity index (χ4n) is 3.09. The number of unbranched alkanes of at least 4 members (excludes halogenated alkanes) is 2. The molecule has 0 aromatic carbocycles. The van der Waals surface area contributed by atoms with Gasteiger partial charge in [0.2, 0.25) is 0 Å². The fourth-order valence-corrected chi connectivity index (χ4v) is 3.09. The summed E-state index contributed by atoms with van der Waals surface area (Å²) < 4.78 is 0. The minimum absolute atomic E-state index is 0.699. The summed E-state index contributed by atoms with van der Waals surface area (Å²) in [6.45, 7) is 2.26. The largest absolute Gasteiger partial charge is 0.512 e. The fraction of sp³-hybridized carbons (Fsp3) is 0.733. The van der Waals surface area contributed by atoms with E-state index in [4.69, 9.17) is 0 Å². The summed E-state index contributed by atoms with van der Waals surface area (Å²) in [5.41, 5.74) is 4.53. The monoisotopic (exact) mass is 220 g/mol. The Bertz CT molecular complexity index is 309. The van der Waals surface area contributed by atoms with Gasteiger partial charge >= 0.3 is 0 Å². The normalized spacial score (nSPS) is 21.3. The second-order valence-corrected chi connectivity index (χ2v) is 5.17. The molecule has 2 aliphatic carbocycles. The SMILES string of the molecule is CCCCCC1=C(C2=C(O)CCC2)CCC1. The lowest BCUT2D eigenvalue weighted by atomic mass is 9.97. The molecule has 0 aliphatic heterocycles. The van der Waals surface area contributed by atoms with Crippen molar-refractivity contribution >= 4 is 0 Å². The third kappa shape index (κ3) is 2.50. The van der Waals surface area contributed by atoms with Gasteiger partial charge in [0, 0.05) is 6.42 Å². The molecule has 0 bridgehead atoms. The molecule has 0 aromatic rings. The standard InChI is InChI=1S/C15H24O/c1-2-3-4-7-12-8-5-9-13(12)14-10-6-11-15(14)16/h16H,2-11H2,1H3. The van der Waals surface area contributed by atoms with Gasteiger partial charge in [-0.3, -0.25) is 0 Å². The number of aliphatic hydroxyl groups excluding tert-OH is 1. The van der Waals surface area contributed by atoms with Gasteiger partial charge in [0.05, 0.1) is 5.76 Å². The first-order valence-corrected chi connectivity index (χ1v) is 6.95. The molecule has 0 atom stereocenters. The van der Waals surface area contributed by atoms with E-state index in [2.05, 4.69) is 6.92 Å². The van der Waals surface area contributed by atoms with Crippen LogP contribution in [0.2, 0.25) is 0 Å². The summed E-state index contributed by atoms with van der Waals surface area (Å²) in [5, 5.41) is 9.88. The first-order chi connectivity index (χ1) is 7.83. The second-order valence-electron chi connectivity index (χ2n) is 5.17. The van der Waals surface area contributed by atoms with Crippen molar-refractivity contribution in [2.45, 2.75) is 71.1 Å². The first kappa shape index (κ1) is 11.8. The lowest BCUT2D eigenvalue weighted by Crippen LogP contribution is -1.91. The number of rotatable bonds is 5. The molecule has 0 heterocycles. The smallest absolute Gasteiger partial charge is 0.0957 e. The number of hydrogen-bond donors (Lipinski definition) is 1. The lowest BCUT2D eigenvalue weighted by molar-refractivity contribution is 0.394. The van der Waals surface area contributed by atoms with Gasteiger partial charge in [-0.15, -0.1) is 0 Å². The Morgan fingerprint density at radius 2 is 1.69 bits per heavy atom. The highest BCUT2D eigenvalue weighted by molar-refractivity contribution is 5.41. The third-order valence-corrected chi connectivity index (χ3v) is 3.97. The van der Waals surface area contributed by atoms with Crippen LogP contribution in [0.25, 0.3) is 0 Å². The van der Waals surface area contributed by atoms with Crippen LogP contribution in [0, 0.1) is 0 Å². The van der Waals surface area contributed by atoms with Gasteiger partial charge in [-0.1, -0.05) is 25.3 Å². The van der Waals surface area contributed by atoms with Gasteiger partial charge in [0.1, 0.15) is 0 Å². The molecular weight excluding hydrogens is 196 g/mol. The van der Waals surface area contributed by atoms with Crippen LogP contribution in [0.4, 0.5) is 0 Å². The van der Waals surface area contributed by atoms with Crippen LogP contribution in [0.3, 0.4) is 0 Å². The molecule has 0 spiro atoms. The van der Waals surface area contributed by atoms with Crippen LogP contribution in [0.15, 0.2) is 22.5 Å². The van der Waals surface area contributed by atoms with Gasteiger partial charge in [0.15, 0.2) is 0 Å². The van der Waals surface area contributed by atoms with Crippen LogP contribution in [-0.2, 0) is 0 Å². The molecule has 1 heteroatoms. The third-order valence-electron chi connectivity index (χ3n) is 3.97. The highest BCUT2D eigenvalue weighted by Gasteiger charge is 2.23. The van der Waals surface area contributed by atoms with E-state index >= 15 is 0 Å². The zero-order valence-corrected chi connectivity index (χ0v) is 10.5. The van der Waals surface area contributed by atoms with Crippen LogP contribution in [0.1, 0.15) is 71.1 Å². The number of aliphatic hydroxyl groups is 1. The summed E-state index contributed by atoms with van der Waals surface area (Å²) in [5.74, 6) is 0.699. The van der Waals surface area contributed by atoms with E-state index in [0.717, 1.165) is 19.3 Å². The predicted octanol–water partition coefficient (Wildman–Crippen LogP) is 5.04. The summed E-state index contributed by atoms with van der Waals surface area (Å²) in [6, 6.07) is 0. The summed E-state index contributed by atoms with van der Waals surface area (Å²) in [4.78, 5) is 0. The van der Waals surface area contributed by atoms with Crippen molar-refractivity contribution in [2.24, 2.45) is 0 Å². The Morgan fingerprint density at radius 3 is 2.38 bits per heavy atom. The molecule has 0 radical (unpaired) electrons. The minimum atomic E-state index is 0.699. The van der Waals surface area contributed by atoms with Crippen LogP contribution in [0.5, 0.6) is 0 Å². The Balaban J connectivity index is 2.05. The van der Waals surface area contributed by atoms with Crippen molar-refractivity contribution in [1.82, 2.24) is 0 Å². The van der Waals surface area contributed by atoms with Crippen molar-refractivity contribution in [1.29, 1.82) is 0 Å². The van der Waals surface area contributed by atoms with Crippen LogP contribution in [-0.4, -0.2) is 5.11 Å². The van der Waals surface area contributed by atoms with Crippen molar-refractivity contribution in [3.63, 3.8) is 0 Å². The average molecular weight is 220 g/mol. The molecule has 2 aliphatic rings. The van der Waals surface area contributed by atoms with Crippen molar-refractivity contribution in [3.8, 4) is 0 Å². The molecule has 0 amide bonds. The maximum atomic E-state index is 9.88. The molecule has 0 aromatic heterocycles. The highest BCUT2D eigenvalue weighted by Crippen LogP contribution is 2.40. The van der Waals surface area contributed by atoms with Crippen molar-refractivity contribution in [2.75, 3.05) is 0 Å². The Hall–Kier alpha value is -0.720. The quantitative estimate of drug-likeness (QED) is 0.643. The van der Waals surface area contributed by atoms with Crippen LogP contribution >= 0.6 is 0 Å². The zero-order chi connectivity index (χ0) is 11.4. The molecule has 16 heavy (non-hydrogen) atoms. The van der Waals surface area contributed by atoms with E-state index in [1.54, 1.807) is 11.1 Å². The predicted molar refractivity (Wildman–Crippen MR) is 68.5 cm³/mol. The average Bonchev–Trinajstić information content (AvgIpc) is 2.87. The van der Waals surface area contributed by atoms with E-state index in [1.807, 2.05) is 0 Å². The number of allylic oxidation sites excluding steroid dienone is 4. The van der Waals surface area contributed by atoms with Crippen LogP contribution < -0.4 is 0 Å². The van der Waals surface area contributed by atoms with E-state index < -0.39 is 0 Å². The van der Waals surface area contributed by atoms with Gasteiger partial charge in [0.25, 0.3) is 0 Å². The van der Waals surface area contributed by atoms with Gasteiger partial charge in [-0.05, 0) is 56.1 Å². The first-order valence-electron chi connectivity index (χ1n) is 6.95. The van der Waals surface area contributed by atoms with E-state index in [0.29, 0.717) is 5.76 Å². The second kappa shape index (κ2) is 5.56. The van der Waals surface area contributed by atoms with Gasteiger partial charge in [-0.2, -0.15) is 0 Å². The summed E-state index contributed by atoms with van der Waals surface area (Å²) >= 11 is 0. The lowest BCUT2D eigenvalue weighted by Gasteiger charge is -2.09. The molecule has 2 rings (SSSR count). The number of hydrogen-bond acceptors (Lipinski definition) is 1. The molecule has 90 valence electrons. The molecule has 0 fully saturated rings. The summed E-state index contributed by atoms with van der Waals surface area (Å²) in [7, 11) is 0. The minimum Gasteiger partial charge on any atom is -0.512 e. The Kier molecular flexibility index (Phi) is 4.09. The van der Waals surface area contributed by atoms with E-state index in [9.17, 15) is 5.11 Å². The van der Waals surface area contributed by atoms with Crippen molar-refractivity contribution in [3.05, 3.63) is 22.5 Å². The molecular formula is C15H24O. The van der Waals surface area contributed by atoms with Crippen molar-refractivity contribution < 1.29 is 5.11 Å². The topological polar surface area (TPSA) is 20.2 Å². The maximum Gasteiger partial charge on any atom is 0.0957 e. The highest BCUT2D eigenvalue weighted by atomic mass is 16.3. The van der Waals surface area contributed by atoms with E-state index in [-0.39, 0.29) is 0 Å².